The number of benzene rings is 1. The van der Waals surface area contributed by atoms with Crippen molar-refractivity contribution in [1.82, 2.24) is 5.32 Å². The lowest BCUT2D eigenvalue weighted by Crippen LogP contribution is -2.28. The van der Waals surface area contributed by atoms with Gasteiger partial charge in [0.25, 0.3) is 0 Å². The van der Waals surface area contributed by atoms with Crippen LogP contribution in [0.3, 0.4) is 0 Å². The van der Waals surface area contributed by atoms with Gasteiger partial charge in [-0.3, -0.25) is 0 Å². The first kappa shape index (κ1) is 15.0. The van der Waals surface area contributed by atoms with E-state index in [4.69, 9.17) is 11.6 Å². The Labute approximate surface area is 118 Å². The summed E-state index contributed by atoms with van der Waals surface area (Å²) >= 11 is 9.85. The average molecular weight is 319 g/mol. The summed E-state index contributed by atoms with van der Waals surface area (Å²) in [5.74, 6) is 0.617. The van der Waals surface area contributed by atoms with E-state index in [0.29, 0.717) is 5.92 Å². The van der Waals surface area contributed by atoms with E-state index in [1.165, 1.54) is 5.56 Å². The summed E-state index contributed by atoms with van der Waals surface area (Å²) in [5, 5.41) is 3.66. The molecule has 0 fully saturated rings. The van der Waals surface area contributed by atoms with Crippen molar-refractivity contribution < 1.29 is 0 Å². The molecule has 1 nitrogen and oxygen atoms in total. The van der Waals surface area contributed by atoms with Gasteiger partial charge in [0, 0.05) is 22.9 Å². The van der Waals surface area contributed by atoms with Crippen LogP contribution in [0, 0.1) is 5.92 Å². The van der Waals surface area contributed by atoms with Crippen molar-refractivity contribution in [3.63, 3.8) is 0 Å². The normalized spacial score (nSPS) is 13.0. The molecule has 1 rings (SSSR count). The second-order valence-corrected chi connectivity index (χ2v) is 5.83. The van der Waals surface area contributed by atoms with Crippen molar-refractivity contribution in [1.29, 1.82) is 0 Å². The fraction of sp³-hybridized carbons (Fsp3) is 0.571. The first-order valence-corrected chi connectivity index (χ1v) is 7.49. The molecule has 0 heterocycles. The van der Waals surface area contributed by atoms with Gasteiger partial charge in [-0.15, -0.1) is 11.6 Å². The number of rotatable bonds is 7. The SMILES string of the molecule is CCC(CC)C(Cl)CNCc1cccc(Br)c1. The largest absolute Gasteiger partial charge is 0.311 e. The Bertz CT molecular complexity index is 326. The molecule has 1 N–H and O–H groups in total. The smallest absolute Gasteiger partial charge is 0.0488 e. The van der Waals surface area contributed by atoms with Gasteiger partial charge in [-0.25, -0.2) is 0 Å². The Hall–Kier alpha value is -0.0500. The van der Waals surface area contributed by atoms with Crippen molar-refractivity contribution in [2.75, 3.05) is 6.54 Å². The van der Waals surface area contributed by atoms with E-state index in [-0.39, 0.29) is 5.38 Å². The minimum Gasteiger partial charge on any atom is -0.311 e. The Kier molecular flexibility index (Phi) is 7.17. The van der Waals surface area contributed by atoms with Crippen LogP contribution < -0.4 is 5.32 Å². The molecule has 17 heavy (non-hydrogen) atoms. The zero-order valence-electron chi connectivity index (χ0n) is 10.5. The van der Waals surface area contributed by atoms with Crippen LogP contribution in [0.2, 0.25) is 0 Å². The second kappa shape index (κ2) is 8.12. The average Bonchev–Trinajstić information content (AvgIpc) is 2.30. The Morgan fingerprint density at radius 1 is 1.29 bits per heavy atom. The number of halogens is 2. The number of hydrogen-bond acceptors (Lipinski definition) is 1. The number of nitrogens with one attached hydrogen (secondary N) is 1. The molecule has 0 aromatic heterocycles. The lowest BCUT2D eigenvalue weighted by Gasteiger charge is -2.19. The maximum atomic E-state index is 6.37. The van der Waals surface area contributed by atoms with Crippen LogP contribution in [0.4, 0.5) is 0 Å². The molecule has 1 unspecified atom stereocenters. The molecule has 1 atom stereocenters. The molecule has 0 spiro atoms. The maximum Gasteiger partial charge on any atom is 0.0488 e. The minimum absolute atomic E-state index is 0.233. The van der Waals surface area contributed by atoms with E-state index < -0.39 is 0 Å². The summed E-state index contributed by atoms with van der Waals surface area (Å²) in [6.45, 7) is 6.17. The van der Waals surface area contributed by atoms with Gasteiger partial charge < -0.3 is 5.32 Å². The molecule has 1 aromatic carbocycles. The first-order valence-electron chi connectivity index (χ1n) is 6.26. The van der Waals surface area contributed by atoms with Gasteiger partial charge in [0.2, 0.25) is 0 Å². The molecule has 0 aliphatic carbocycles. The lowest BCUT2D eigenvalue weighted by molar-refractivity contribution is 0.446. The van der Waals surface area contributed by atoms with Gasteiger partial charge >= 0.3 is 0 Å². The van der Waals surface area contributed by atoms with Crippen LogP contribution in [0.1, 0.15) is 32.3 Å². The van der Waals surface area contributed by atoms with Gasteiger partial charge in [-0.1, -0.05) is 54.8 Å². The zero-order valence-corrected chi connectivity index (χ0v) is 12.9. The van der Waals surface area contributed by atoms with Gasteiger partial charge in [0.05, 0.1) is 0 Å². The molecular formula is C14H21BrClN. The van der Waals surface area contributed by atoms with Gasteiger partial charge in [-0.2, -0.15) is 0 Å². The van der Waals surface area contributed by atoms with E-state index in [1.807, 2.05) is 6.07 Å². The van der Waals surface area contributed by atoms with E-state index in [1.54, 1.807) is 0 Å². The molecule has 0 bridgehead atoms. The number of alkyl halides is 1. The van der Waals surface area contributed by atoms with Crippen LogP contribution in [0.25, 0.3) is 0 Å². The maximum absolute atomic E-state index is 6.37. The van der Waals surface area contributed by atoms with Gasteiger partial charge in [0.1, 0.15) is 0 Å². The molecule has 0 saturated heterocycles. The third kappa shape index (κ3) is 5.41. The minimum atomic E-state index is 0.233. The molecule has 0 radical (unpaired) electrons. The van der Waals surface area contributed by atoms with Crippen LogP contribution in [0.5, 0.6) is 0 Å². The Morgan fingerprint density at radius 3 is 2.59 bits per heavy atom. The highest BCUT2D eigenvalue weighted by atomic mass is 79.9. The fourth-order valence-electron chi connectivity index (χ4n) is 1.97. The molecule has 0 saturated carbocycles. The summed E-state index contributed by atoms with van der Waals surface area (Å²) in [6, 6.07) is 8.35. The Morgan fingerprint density at radius 2 is 2.00 bits per heavy atom. The highest BCUT2D eigenvalue weighted by Gasteiger charge is 2.14. The van der Waals surface area contributed by atoms with E-state index in [2.05, 4.69) is 53.3 Å². The van der Waals surface area contributed by atoms with Gasteiger partial charge in [-0.05, 0) is 23.6 Å². The molecule has 3 heteroatoms. The Balaban J connectivity index is 2.32. The van der Waals surface area contributed by atoms with Crippen LogP contribution in [-0.2, 0) is 6.54 Å². The summed E-state index contributed by atoms with van der Waals surface area (Å²) in [7, 11) is 0. The molecule has 0 amide bonds. The summed E-state index contributed by atoms with van der Waals surface area (Å²) in [6.07, 6.45) is 2.31. The van der Waals surface area contributed by atoms with Gasteiger partial charge in [0.15, 0.2) is 0 Å². The molecule has 0 aliphatic heterocycles. The third-order valence-corrected chi connectivity index (χ3v) is 4.12. The fourth-order valence-corrected chi connectivity index (χ4v) is 2.88. The van der Waals surface area contributed by atoms with Crippen LogP contribution in [-0.4, -0.2) is 11.9 Å². The first-order chi connectivity index (χ1) is 8.17. The molecule has 96 valence electrons. The monoisotopic (exact) mass is 317 g/mol. The zero-order chi connectivity index (χ0) is 12.7. The molecule has 0 aliphatic rings. The second-order valence-electron chi connectivity index (χ2n) is 4.35. The van der Waals surface area contributed by atoms with Crippen molar-refractivity contribution >= 4 is 27.5 Å². The standard InChI is InChI=1S/C14H21BrClN/c1-3-12(4-2)14(16)10-17-9-11-6-5-7-13(15)8-11/h5-8,12,14,17H,3-4,9-10H2,1-2H3. The molecular weight excluding hydrogens is 298 g/mol. The highest BCUT2D eigenvalue weighted by molar-refractivity contribution is 9.10. The van der Waals surface area contributed by atoms with Crippen molar-refractivity contribution in [2.24, 2.45) is 5.92 Å². The van der Waals surface area contributed by atoms with E-state index >= 15 is 0 Å². The van der Waals surface area contributed by atoms with Crippen molar-refractivity contribution in [3.05, 3.63) is 34.3 Å². The lowest BCUT2D eigenvalue weighted by atomic mass is 9.99. The highest BCUT2D eigenvalue weighted by Crippen LogP contribution is 2.18. The van der Waals surface area contributed by atoms with Crippen LogP contribution >= 0.6 is 27.5 Å². The number of hydrogen-bond donors (Lipinski definition) is 1. The van der Waals surface area contributed by atoms with E-state index in [0.717, 1.165) is 30.4 Å². The predicted octanol–water partition coefficient (Wildman–Crippen LogP) is 4.58. The van der Waals surface area contributed by atoms with E-state index in [9.17, 15) is 0 Å². The summed E-state index contributed by atoms with van der Waals surface area (Å²) in [4.78, 5) is 0. The van der Waals surface area contributed by atoms with Crippen molar-refractivity contribution in [2.45, 2.75) is 38.6 Å². The summed E-state index contributed by atoms with van der Waals surface area (Å²) in [5.41, 5.74) is 1.28. The quantitative estimate of drug-likeness (QED) is 0.725. The van der Waals surface area contributed by atoms with Crippen molar-refractivity contribution in [3.8, 4) is 0 Å². The third-order valence-electron chi connectivity index (χ3n) is 3.12. The van der Waals surface area contributed by atoms with Crippen LogP contribution in [0.15, 0.2) is 28.7 Å². The topological polar surface area (TPSA) is 12.0 Å². The predicted molar refractivity (Wildman–Crippen MR) is 79.6 cm³/mol. The summed E-state index contributed by atoms with van der Waals surface area (Å²) < 4.78 is 1.12. The molecule has 1 aromatic rings.